The summed E-state index contributed by atoms with van der Waals surface area (Å²) in [6.45, 7) is 4.27. The summed E-state index contributed by atoms with van der Waals surface area (Å²) in [6, 6.07) is 17.7. The number of nitrogen functional groups attached to an aromatic ring is 1. The van der Waals surface area contributed by atoms with Crippen LogP contribution in [0.15, 0.2) is 59.4 Å². The van der Waals surface area contributed by atoms with Crippen LogP contribution in [0.25, 0.3) is 16.9 Å². The lowest BCUT2D eigenvalue weighted by Gasteiger charge is -2.35. The molecule has 1 unspecified atom stereocenters. The molecule has 0 radical (unpaired) electrons. The third-order valence-corrected chi connectivity index (χ3v) is 5.46. The normalized spacial score (nSPS) is 18.1. The van der Waals surface area contributed by atoms with Gasteiger partial charge in [-0.05, 0) is 30.5 Å². The summed E-state index contributed by atoms with van der Waals surface area (Å²) in [5, 5.41) is 0. The summed E-state index contributed by atoms with van der Waals surface area (Å²) >= 11 is 0. The molecule has 0 bridgehead atoms. The van der Waals surface area contributed by atoms with E-state index in [0.717, 1.165) is 35.3 Å². The number of hydrogen-bond donors (Lipinski definition) is 2. The Morgan fingerprint density at radius 1 is 1.15 bits per heavy atom. The minimum Gasteiger partial charge on any atom is -0.293 e. The van der Waals surface area contributed by atoms with Gasteiger partial charge in [-0.1, -0.05) is 56.3 Å². The van der Waals surface area contributed by atoms with E-state index in [-0.39, 0.29) is 11.0 Å². The number of fused-ring (bicyclic) bond motifs is 3. The molecule has 5 heteroatoms. The highest BCUT2D eigenvalue weighted by atomic mass is 16.1. The lowest BCUT2D eigenvalue weighted by molar-refractivity contribution is 0.439. The van der Waals surface area contributed by atoms with E-state index >= 15 is 0 Å². The van der Waals surface area contributed by atoms with Crippen LogP contribution < -0.4 is 16.8 Å². The molecule has 1 atom stereocenters. The summed E-state index contributed by atoms with van der Waals surface area (Å²) in [7, 11) is 0. The Hall–Kier alpha value is -2.92. The monoisotopic (exact) mass is 346 g/mol. The molecule has 1 aliphatic rings. The summed E-state index contributed by atoms with van der Waals surface area (Å²) in [5.41, 5.74) is 6.77. The number of nitrogens with one attached hydrogen (secondary N) is 1. The summed E-state index contributed by atoms with van der Waals surface area (Å²) < 4.78 is 1.57. The van der Waals surface area contributed by atoms with Gasteiger partial charge in [0.15, 0.2) is 0 Å². The third kappa shape index (κ3) is 2.35. The van der Waals surface area contributed by atoms with Gasteiger partial charge in [0.05, 0.1) is 16.9 Å². The Kier molecular flexibility index (Phi) is 3.89. The van der Waals surface area contributed by atoms with Crippen molar-refractivity contribution in [3.63, 3.8) is 0 Å². The quantitative estimate of drug-likeness (QED) is 0.563. The number of nitrogens with zero attached hydrogens (tertiary/aromatic N) is 2. The molecule has 4 rings (SSSR count). The van der Waals surface area contributed by atoms with Crippen molar-refractivity contribution < 1.29 is 0 Å². The van der Waals surface area contributed by atoms with E-state index in [1.165, 1.54) is 5.56 Å². The number of hydrazine groups is 1. The summed E-state index contributed by atoms with van der Waals surface area (Å²) in [6.07, 6.45) is 1.68. The number of rotatable bonds is 3. The zero-order chi connectivity index (χ0) is 18.3. The predicted molar refractivity (Wildman–Crippen MR) is 104 cm³/mol. The first-order valence-corrected chi connectivity index (χ1v) is 8.87. The summed E-state index contributed by atoms with van der Waals surface area (Å²) in [5.74, 6) is 6.08. The van der Waals surface area contributed by atoms with E-state index in [0.29, 0.717) is 5.95 Å². The average molecular weight is 346 g/mol. The van der Waals surface area contributed by atoms with Crippen LogP contribution >= 0.6 is 0 Å². The van der Waals surface area contributed by atoms with Gasteiger partial charge >= 0.3 is 0 Å². The van der Waals surface area contributed by atoms with Gasteiger partial charge in [-0.3, -0.25) is 10.2 Å². The smallest absolute Gasteiger partial charge is 0.263 e. The van der Waals surface area contributed by atoms with Crippen LogP contribution in [0.4, 0.5) is 5.95 Å². The average Bonchev–Trinajstić information content (AvgIpc) is 2.68. The Morgan fingerprint density at radius 2 is 1.85 bits per heavy atom. The zero-order valence-electron chi connectivity index (χ0n) is 15.0. The van der Waals surface area contributed by atoms with Crippen LogP contribution in [0.3, 0.4) is 0 Å². The number of benzene rings is 2. The second-order valence-electron chi connectivity index (χ2n) is 7.03. The summed E-state index contributed by atoms with van der Waals surface area (Å²) in [4.78, 5) is 18.4. The van der Waals surface area contributed by atoms with Gasteiger partial charge in [0.2, 0.25) is 5.95 Å². The van der Waals surface area contributed by atoms with Gasteiger partial charge in [-0.2, -0.15) is 0 Å². The fourth-order valence-electron chi connectivity index (χ4n) is 3.89. The highest BCUT2D eigenvalue weighted by molar-refractivity contribution is 5.72. The van der Waals surface area contributed by atoms with Crippen molar-refractivity contribution >= 4 is 5.95 Å². The first-order valence-electron chi connectivity index (χ1n) is 8.87. The molecule has 0 spiro atoms. The van der Waals surface area contributed by atoms with Crippen molar-refractivity contribution in [2.24, 2.45) is 5.84 Å². The van der Waals surface area contributed by atoms with Gasteiger partial charge in [-0.25, -0.2) is 15.4 Å². The van der Waals surface area contributed by atoms with Crippen LogP contribution in [0.1, 0.15) is 31.4 Å². The van der Waals surface area contributed by atoms with E-state index < -0.39 is 0 Å². The topological polar surface area (TPSA) is 72.9 Å². The van der Waals surface area contributed by atoms with E-state index in [2.05, 4.69) is 25.3 Å². The Morgan fingerprint density at radius 3 is 2.54 bits per heavy atom. The molecule has 0 fully saturated rings. The molecular weight excluding hydrogens is 324 g/mol. The Labute approximate surface area is 152 Å². The first kappa shape index (κ1) is 16.5. The van der Waals surface area contributed by atoms with E-state index in [9.17, 15) is 4.79 Å². The van der Waals surface area contributed by atoms with Gasteiger partial charge in [0.1, 0.15) is 0 Å². The number of para-hydroxylation sites is 1. The van der Waals surface area contributed by atoms with Crippen LogP contribution in [0.2, 0.25) is 0 Å². The molecule has 3 aromatic rings. The first-order chi connectivity index (χ1) is 12.6. The fraction of sp³-hybridized carbons (Fsp3) is 0.238. The SMILES string of the molecule is CCC1(C)Cc2ccccc2-c2nc(NN)n(-c3ccccc3)c(=O)c21. The number of anilines is 1. The van der Waals surface area contributed by atoms with Crippen LogP contribution in [0, 0.1) is 0 Å². The van der Waals surface area contributed by atoms with Crippen molar-refractivity contribution in [3.8, 4) is 16.9 Å². The molecule has 0 amide bonds. The standard InChI is InChI=1S/C21H22N4O/c1-3-21(2)13-14-9-7-8-12-16(14)18-17(21)19(26)25(20(23-18)24-22)15-10-5-4-6-11-15/h4-12H,3,13,22H2,1-2H3,(H,23,24). The molecule has 1 heterocycles. The number of nitrogens with two attached hydrogens (primary N) is 1. The number of aromatic nitrogens is 2. The Bertz CT molecular complexity index is 1030. The van der Waals surface area contributed by atoms with Gasteiger partial charge in [-0.15, -0.1) is 0 Å². The molecule has 132 valence electrons. The van der Waals surface area contributed by atoms with Crippen molar-refractivity contribution in [2.45, 2.75) is 32.1 Å². The second kappa shape index (κ2) is 6.11. The van der Waals surface area contributed by atoms with E-state index in [4.69, 9.17) is 10.8 Å². The molecule has 2 aromatic carbocycles. The molecule has 0 aliphatic heterocycles. The van der Waals surface area contributed by atoms with Crippen molar-refractivity contribution in [1.29, 1.82) is 0 Å². The maximum absolute atomic E-state index is 13.6. The minimum absolute atomic E-state index is 0.0620. The molecule has 0 saturated heterocycles. The van der Waals surface area contributed by atoms with Crippen LogP contribution in [-0.2, 0) is 11.8 Å². The maximum atomic E-state index is 13.6. The highest BCUT2D eigenvalue weighted by Crippen LogP contribution is 2.42. The molecule has 1 aliphatic carbocycles. The van der Waals surface area contributed by atoms with Crippen LogP contribution in [-0.4, -0.2) is 9.55 Å². The van der Waals surface area contributed by atoms with Crippen molar-refractivity contribution in [2.75, 3.05) is 5.43 Å². The molecule has 26 heavy (non-hydrogen) atoms. The fourth-order valence-corrected chi connectivity index (χ4v) is 3.89. The van der Waals surface area contributed by atoms with Gasteiger partial charge < -0.3 is 0 Å². The second-order valence-corrected chi connectivity index (χ2v) is 7.03. The van der Waals surface area contributed by atoms with Crippen LogP contribution in [0.5, 0.6) is 0 Å². The number of hydrogen-bond acceptors (Lipinski definition) is 4. The Balaban J connectivity index is 2.11. The molecule has 3 N–H and O–H groups in total. The van der Waals surface area contributed by atoms with Gasteiger partial charge in [0, 0.05) is 11.0 Å². The van der Waals surface area contributed by atoms with E-state index in [1.807, 2.05) is 48.5 Å². The van der Waals surface area contributed by atoms with Gasteiger partial charge in [0.25, 0.3) is 5.56 Å². The molecule has 5 nitrogen and oxygen atoms in total. The highest BCUT2D eigenvalue weighted by Gasteiger charge is 2.38. The predicted octanol–water partition coefficient (Wildman–Crippen LogP) is 3.41. The van der Waals surface area contributed by atoms with E-state index in [1.54, 1.807) is 4.57 Å². The lowest BCUT2D eigenvalue weighted by Crippen LogP contribution is -2.40. The van der Waals surface area contributed by atoms with Crippen molar-refractivity contribution in [3.05, 3.63) is 76.1 Å². The third-order valence-electron chi connectivity index (χ3n) is 5.46. The zero-order valence-corrected chi connectivity index (χ0v) is 15.0. The molecular formula is C21H22N4O. The largest absolute Gasteiger partial charge is 0.293 e. The lowest BCUT2D eigenvalue weighted by atomic mass is 9.69. The maximum Gasteiger partial charge on any atom is 0.263 e. The van der Waals surface area contributed by atoms with Crippen molar-refractivity contribution in [1.82, 2.24) is 9.55 Å². The molecule has 1 aromatic heterocycles. The molecule has 0 saturated carbocycles. The minimum atomic E-state index is -0.266.